The van der Waals surface area contributed by atoms with E-state index in [1.807, 2.05) is 57.2 Å². The van der Waals surface area contributed by atoms with Gasteiger partial charge in [-0.05, 0) is 11.1 Å². The smallest absolute Gasteiger partial charge is 0.673 e. The van der Waals surface area contributed by atoms with Crippen molar-refractivity contribution in [3.8, 4) is 0 Å². The first-order valence-corrected chi connectivity index (χ1v) is 10.2. The minimum absolute atomic E-state index is 0. The topological polar surface area (TPSA) is 23.8 Å². The molecule has 0 amide bonds. The first kappa shape index (κ1) is 36.2. The van der Waals surface area contributed by atoms with Crippen LogP contribution in [0.2, 0.25) is 0 Å². The fourth-order valence-corrected chi connectivity index (χ4v) is 2.53. The maximum absolute atomic E-state index is 6.94. The Labute approximate surface area is 228 Å². The maximum atomic E-state index is 6.94. The first-order valence-electron chi connectivity index (χ1n) is 10.2. The summed E-state index contributed by atoms with van der Waals surface area (Å²) < 4.78 is 0. The third kappa shape index (κ3) is 17.2. The van der Waals surface area contributed by atoms with Crippen molar-refractivity contribution >= 4 is 33.9 Å². The van der Waals surface area contributed by atoms with Crippen LogP contribution in [0.1, 0.15) is 31.9 Å². The summed E-state index contributed by atoms with van der Waals surface area (Å²) in [6, 6.07) is 35.3. The number of fused-ring (bicyclic) bond motifs is 1. The second kappa shape index (κ2) is 20.1. The molecule has 0 unspecified atom stereocenters. The zero-order chi connectivity index (χ0) is 21.7. The molecule has 0 heterocycles. The summed E-state index contributed by atoms with van der Waals surface area (Å²) >= 11 is 0. The van der Waals surface area contributed by atoms with Crippen molar-refractivity contribution in [1.82, 2.24) is 0 Å². The Kier molecular flexibility index (Phi) is 21.4. The van der Waals surface area contributed by atoms with Gasteiger partial charge in [0.15, 0.2) is 0 Å². The fourth-order valence-electron chi connectivity index (χ4n) is 2.53. The molecule has 0 saturated carbocycles. The van der Waals surface area contributed by atoms with Gasteiger partial charge in [0.25, 0.3) is 0 Å². The van der Waals surface area contributed by atoms with E-state index < -0.39 is 0 Å². The van der Waals surface area contributed by atoms with E-state index in [1.54, 1.807) is 0 Å². The first-order chi connectivity index (χ1) is 14.4. The van der Waals surface area contributed by atoms with Crippen molar-refractivity contribution in [3.05, 3.63) is 147 Å². The molecule has 1 nitrogen and oxygen atoms in total. The van der Waals surface area contributed by atoms with E-state index in [-0.39, 0.29) is 53.1 Å². The summed E-state index contributed by atoms with van der Waals surface area (Å²) in [7, 11) is 0. The SMILES string of the molecule is C(C=Cc1ccccc1)=Cc1ccccc1.CC(C)(C)[NH-].[CH3-].[CH3-].[Si].[Ti+4].c1ccc2[cH-]ccc2c1. The van der Waals surface area contributed by atoms with Gasteiger partial charge in [-0.25, -0.2) is 0 Å². The third-order valence-corrected chi connectivity index (χ3v) is 3.84. The molecule has 1 N–H and O–H groups in total. The van der Waals surface area contributed by atoms with Gasteiger partial charge >= 0.3 is 21.7 Å². The Morgan fingerprint density at radius 2 is 1.03 bits per heavy atom. The van der Waals surface area contributed by atoms with E-state index in [4.69, 9.17) is 5.73 Å². The molecule has 0 bridgehead atoms. The Balaban J connectivity index is -0.000000460. The molecule has 34 heavy (non-hydrogen) atoms. The molecule has 4 rings (SSSR count). The van der Waals surface area contributed by atoms with Crippen molar-refractivity contribution < 1.29 is 21.7 Å². The number of benzene rings is 3. The van der Waals surface area contributed by atoms with Crippen molar-refractivity contribution in [2.24, 2.45) is 0 Å². The quantitative estimate of drug-likeness (QED) is 0.152. The van der Waals surface area contributed by atoms with Gasteiger partial charge < -0.3 is 20.6 Å². The molecule has 0 aliphatic heterocycles. The molecule has 174 valence electrons. The monoisotopic (exact) mass is 499 g/mol. The molecule has 0 aliphatic carbocycles. The second-order valence-corrected chi connectivity index (χ2v) is 7.94. The molecule has 3 heteroatoms. The number of nitrogens with one attached hydrogen (secondary N) is 1. The number of hydrogen-bond donors (Lipinski definition) is 0. The zero-order valence-electron chi connectivity index (χ0n) is 21.1. The van der Waals surface area contributed by atoms with Crippen molar-refractivity contribution in [2.45, 2.75) is 26.3 Å². The summed E-state index contributed by atoms with van der Waals surface area (Å²) in [6.07, 6.45) is 8.31. The van der Waals surface area contributed by atoms with E-state index in [0.717, 1.165) is 0 Å². The second-order valence-electron chi connectivity index (χ2n) is 7.94. The van der Waals surface area contributed by atoms with Crippen LogP contribution in [-0.4, -0.2) is 16.5 Å². The Bertz CT molecular complexity index is 945. The third-order valence-electron chi connectivity index (χ3n) is 3.84. The number of allylic oxidation sites excluding steroid dienone is 2. The minimum Gasteiger partial charge on any atom is -0.673 e. The van der Waals surface area contributed by atoms with Crippen LogP contribution in [0.5, 0.6) is 0 Å². The van der Waals surface area contributed by atoms with Gasteiger partial charge in [0.05, 0.1) is 0 Å². The molecule has 0 atom stereocenters. The van der Waals surface area contributed by atoms with Gasteiger partial charge in [-0.3, -0.25) is 0 Å². The molecular formula is C31H37NSiTi. The van der Waals surface area contributed by atoms with Crippen LogP contribution >= 0.6 is 0 Å². The maximum Gasteiger partial charge on any atom is 4.00 e. The van der Waals surface area contributed by atoms with Gasteiger partial charge in [-0.2, -0.15) is 17.5 Å². The number of hydrogen-bond acceptors (Lipinski definition) is 0. The van der Waals surface area contributed by atoms with Gasteiger partial charge in [0, 0.05) is 11.0 Å². The van der Waals surface area contributed by atoms with Crippen LogP contribution in [0.4, 0.5) is 0 Å². The molecule has 0 spiro atoms. The van der Waals surface area contributed by atoms with Crippen LogP contribution in [0.15, 0.2) is 115 Å². The minimum atomic E-state index is -0.250. The van der Waals surface area contributed by atoms with Crippen LogP contribution in [0.25, 0.3) is 28.7 Å². The predicted octanol–water partition coefficient (Wildman–Crippen LogP) is 9.33. The summed E-state index contributed by atoms with van der Waals surface area (Å²) in [5, 5.41) is 2.66. The molecule has 4 aromatic carbocycles. The van der Waals surface area contributed by atoms with Crippen molar-refractivity contribution in [2.75, 3.05) is 0 Å². The summed E-state index contributed by atoms with van der Waals surface area (Å²) in [5.41, 5.74) is 9.13. The largest absolute Gasteiger partial charge is 4.00 e. The van der Waals surface area contributed by atoms with Gasteiger partial charge in [-0.1, -0.05) is 112 Å². The predicted molar refractivity (Wildman–Crippen MR) is 153 cm³/mol. The zero-order valence-corrected chi connectivity index (χ0v) is 23.7. The van der Waals surface area contributed by atoms with Crippen LogP contribution < -0.4 is 0 Å². The van der Waals surface area contributed by atoms with Crippen molar-refractivity contribution in [1.29, 1.82) is 0 Å². The summed E-state index contributed by atoms with van der Waals surface area (Å²) in [5.74, 6) is 0. The summed E-state index contributed by atoms with van der Waals surface area (Å²) in [6.45, 7) is 5.56. The van der Waals surface area contributed by atoms with Crippen molar-refractivity contribution in [3.63, 3.8) is 0 Å². The molecule has 4 aromatic rings. The molecule has 0 aromatic heterocycles. The van der Waals surface area contributed by atoms with Gasteiger partial charge in [0.1, 0.15) is 0 Å². The van der Waals surface area contributed by atoms with E-state index in [0.29, 0.717) is 0 Å². The van der Waals surface area contributed by atoms with E-state index >= 15 is 0 Å². The normalized spacial score (nSPS) is 9.76. The Morgan fingerprint density at radius 3 is 1.44 bits per heavy atom. The van der Waals surface area contributed by atoms with Gasteiger partial charge in [-0.15, -0.1) is 35.2 Å². The van der Waals surface area contributed by atoms with Crippen LogP contribution in [0, 0.1) is 14.9 Å². The van der Waals surface area contributed by atoms with E-state index in [2.05, 4.69) is 91.0 Å². The van der Waals surface area contributed by atoms with Crippen LogP contribution in [-0.2, 0) is 21.7 Å². The molecule has 0 aliphatic rings. The molecular weight excluding hydrogens is 462 g/mol. The standard InChI is InChI=1S/C16H14.C9H7.C4H10N.2CH3.Si.Ti/c1-3-9-15(10-4-1)13-7-8-14-16-11-5-2-6-12-16;1-2-5-9-7-3-6-8(9)4-1;1-4(2,3)5;;;;/h1-14H;1-7H;5H,1-3H3;2*1H3;;/q;4*-1;;+4. The average Bonchev–Trinajstić information content (AvgIpc) is 3.21. The van der Waals surface area contributed by atoms with E-state index in [1.165, 1.54) is 21.9 Å². The molecule has 0 saturated heterocycles. The Morgan fingerprint density at radius 1 is 0.647 bits per heavy atom. The van der Waals surface area contributed by atoms with E-state index in [9.17, 15) is 0 Å². The van der Waals surface area contributed by atoms with Crippen LogP contribution in [0.3, 0.4) is 0 Å². The number of rotatable bonds is 3. The Hall–Kier alpha value is -2.36. The summed E-state index contributed by atoms with van der Waals surface area (Å²) in [4.78, 5) is 0. The average molecular weight is 500 g/mol. The van der Waals surface area contributed by atoms with Gasteiger partial charge in [0.2, 0.25) is 0 Å². The molecule has 4 radical (unpaired) electrons. The fraction of sp³-hybridized carbons (Fsp3) is 0.129. The molecule has 0 fully saturated rings.